The van der Waals surface area contributed by atoms with Crippen molar-refractivity contribution in [2.24, 2.45) is 5.41 Å². The molecule has 2 aromatic heterocycles. The number of hydrogen-bond donors (Lipinski definition) is 2. The molecule has 2 aromatic rings. The van der Waals surface area contributed by atoms with Crippen LogP contribution in [0.5, 0.6) is 0 Å². The van der Waals surface area contributed by atoms with Gasteiger partial charge in [-0.1, -0.05) is 13.8 Å². The molecule has 0 saturated carbocycles. The molecule has 7 heteroatoms. The minimum Gasteiger partial charge on any atom is -0.354 e. The highest BCUT2D eigenvalue weighted by Gasteiger charge is 2.42. The van der Waals surface area contributed by atoms with Gasteiger partial charge in [0.1, 0.15) is 11.9 Å². The molecule has 2 amide bonds. The molecule has 0 aliphatic carbocycles. The summed E-state index contributed by atoms with van der Waals surface area (Å²) in [6.07, 6.45) is 4.49. The van der Waals surface area contributed by atoms with Gasteiger partial charge in [0.2, 0.25) is 5.91 Å². The molecule has 4 rings (SSSR count). The number of carbonyl (C=O) groups excluding carboxylic acids is 2. The van der Waals surface area contributed by atoms with Gasteiger partial charge in [-0.3, -0.25) is 14.6 Å². The number of pyridine rings is 2. The Balaban J connectivity index is 1.56. The van der Waals surface area contributed by atoms with Crippen molar-refractivity contribution >= 4 is 28.5 Å². The lowest BCUT2D eigenvalue weighted by Crippen LogP contribution is -2.46. The van der Waals surface area contributed by atoms with E-state index in [0.717, 1.165) is 23.3 Å². The molecule has 0 spiro atoms. The molecule has 0 aromatic carbocycles. The van der Waals surface area contributed by atoms with Crippen molar-refractivity contribution in [2.75, 3.05) is 18.0 Å². The van der Waals surface area contributed by atoms with Crippen LogP contribution in [0.4, 0.5) is 5.82 Å². The van der Waals surface area contributed by atoms with Crippen LogP contribution in [-0.2, 0) is 4.79 Å². The van der Waals surface area contributed by atoms with Crippen molar-refractivity contribution in [3.05, 3.63) is 30.1 Å². The van der Waals surface area contributed by atoms with Gasteiger partial charge in [-0.15, -0.1) is 0 Å². The Hall–Kier alpha value is -2.70. The Bertz CT molecular complexity index is 895. The van der Waals surface area contributed by atoms with Gasteiger partial charge in [0.25, 0.3) is 5.91 Å². The highest BCUT2D eigenvalue weighted by atomic mass is 16.2. The summed E-state index contributed by atoms with van der Waals surface area (Å²) in [6.45, 7) is 7.65. The molecule has 0 bridgehead atoms. The zero-order valence-electron chi connectivity index (χ0n) is 15.2. The van der Waals surface area contributed by atoms with E-state index in [2.05, 4.69) is 32.4 Å². The summed E-state index contributed by atoms with van der Waals surface area (Å²) in [5.74, 6) is 0.479. The number of aromatic nitrogens is 2. The van der Waals surface area contributed by atoms with Crippen LogP contribution in [0.3, 0.4) is 0 Å². The SMILES string of the molecule is CC1CCN1c1cc2ncc(C(=O)NC3C(=O)NCC3(C)C)cc2cn1. The van der Waals surface area contributed by atoms with Crippen molar-refractivity contribution in [1.82, 2.24) is 20.6 Å². The number of rotatable bonds is 3. The number of nitrogens with one attached hydrogen (secondary N) is 2. The largest absolute Gasteiger partial charge is 0.354 e. The van der Waals surface area contributed by atoms with E-state index in [4.69, 9.17) is 0 Å². The monoisotopic (exact) mass is 353 g/mol. The quantitative estimate of drug-likeness (QED) is 0.873. The van der Waals surface area contributed by atoms with Gasteiger partial charge < -0.3 is 15.5 Å². The zero-order valence-corrected chi connectivity index (χ0v) is 15.2. The Morgan fingerprint density at radius 1 is 1.31 bits per heavy atom. The molecule has 2 aliphatic heterocycles. The van der Waals surface area contributed by atoms with Crippen LogP contribution in [0.25, 0.3) is 10.9 Å². The molecule has 0 radical (unpaired) electrons. The number of hydrogen-bond acceptors (Lipinski definition) is 5. The second kappa shape index (κ2) is 5.93. The van der Waals surface area contributed by atoms with Gasteiger partial charge in [-0.25, -0.2) is 4.98 Å². The molecule has 26 heavy (non-hydrogen) atoms. The summed E-state index contributed by atoms with van der Waals surface area (Å²) in [7, 11) is 0. The minimum atomic E-state index is -0.542. The fourth-order valence-electron chi connectivity index (χ4n) is 3.50. The van der Waals surface area contributed by atoms with E-state index in [0.29, 0.717) is 18.2 Å². The van der Waals surface area contributed by atoms with E-state index in [1.165, 1.54) is 6.42 Å². The number of amides is 2. The van der Waals surface area contributed by atoms with Gasteiger partial charge in [-0.05, 0) is 19.4 Å². The molecule has 2 unspecified atom stereocenters. The topological polar surface area (TPSA) is 87.2 Å². The van der Waals surface area contributed by atoms with E-state index in [-0.39, 0.29) is 17.2 Å². The van der Waals surface area contributed by atoms with Crippen LogP contribution in [0.1, 0.15) is 37.6 Å². The third-order valence-electron chi connectivity index (χ3n) is 5.46. The first kappa shape index (κ1) is 16.8. The Morgan fingerprint density at radius 3 is 2.73 bits per heavy atom. The van der Waals surface area contributed by atoms with Crippen molar-refractivity contribution in [3.63, 3.8) is 0 Å². The number of carbonyl (C=O) groups is 2. The molecule has 4 heterocycles. The average Bonchev–Trinajstić information content (AvgIpc) is 2.86. The van der Waals surface area contributed by atoms with Crippen molar-refractivity contribution < 1.29 is 9.59 Å². The molecular weight excluding hydrogens is 330 g/mol. The highest BCUT2D eigenvalue weighted by Crippen LogP contribution is 2.27. The fourth-order valence-corrected chi connectivity index (χ4v) is 3.50. The van der Waals surface area contributed by atoms with Gasteiger partial charge in [-0.2, -0.15) is 0 Å². The van der Waals surface area contributed by atoms with E-state index in [9.17, 15) is 9.59 Å². The van der Waals surface area contributed by atoms with Crippen LogP contribution in [-0.4, -0.2) is 47.0 Å². The summed E-state index contributed by atoms with van der Waals surface area (Å²) in [5.41, 5.74) is 0.922. The number of nitrogens with zero attached hydrogens (tertiary/aromatic N) is 3. The Morgan fingerprint density at radius 2 is 2.12 bits per heavy atom. The third-order valence-corrected chi connectivity index (χ3v) is 5.46. The van der Waals surface area contributed by atoms with Crippen molar-refractivity contribution in [1.29, 1.82) is 0 Å². The maximum atomic E-state index is 12.6. The van der Waals surface area contributed by atoms with E-state index < -0.39 is 6.04 Å². The lowest BCUT2D eigenvalue weighted by atomic mass is 9.87. The summed E-state index contributed by atoms with van der Waals surface area (Å²) in [5, 5.41) is 6.44. The number of anilines is 1. The predicted molar refractivity (Wildman–Crippen MR) is 99.0 cm³/mol. The average molecular weight is 353 g/mol. The van der Waals surface area contributed by atoms with Crippen LogP contribution in [0.2, 0.25) is 0 Å². The molecule has 136 valence electrons. The van der Waals surface area contributed by atoms with Gasteiger partial charge in [0.05, 0.1) is 11.1 Å². The van der Waals surface area contributed by atoms with Crippen LogP contribution in [0.15, 0.2) is 24.5 Å². The highest BCUT2D eigenvalue weighted by molar-refractivity contribution is 6.00. The molecule has 2 atom stereocenters. The summed E-state index contributed by atoms with van der Waals surface area (Å²) in [6, 6.07) is 3.69. The molecule has 2 aliphatic rings. The van der Waals surface area contributed by atoms with Crippen LogP contribution in [0, 0.1) is 5.41 Å². The van der Waals surface area contributed by atoms with E-state index in [1.807, 2.05) is 19.9 Å². The zero-order chi connectivity index (χ0) is 18.5. The second-order valence-corrected chi connectivity index (χ2v) is 7.90. The third kappa shape index (κ3) is 2.77. The second-order valence-electron chi connectivity index (χ2n) is 7.90. The normalized spacial score (nSPS) is 24.3. The lowest BCUT2D eigenvalue weighted by molar-refractivity contribution is -0.121. The summed E-state index contributed by atoms with van der Waals surface area (Å²) >= 11 is 0. The van der Waals surface area contributed by atoms with Gasteiger partial charge >= 0.3 is 0 Å². The first-order valence-corrected chi connectivity index (χ1v) is 8.96. The minimum absolute atomic E-state index is 0.146. The van der Waals surface area contributed by atoms with E-state index >= 15 is 0 Å². The van der Waals surface area contributed by atoms with Gasteiger partial charge in [0.15, 0.2) is 0 Å². The van der Waals surface area contributed by atoms with Crippen molar-refractivity contribution in [3.8, 4) is 0 Å². The predicted octanol–water partition coefficient (Wildman–Crippen LogP) is 1.48. The summed E-state index contributed by atoms with van der Waals surface area (Å²) < 4.78 is 0. The molecular formula is C19H23N5O2. The molecule has 2 saturated heterocycles. The van der Waals surface area contributed by atoms with Crippen molar-refractivity contribution in [2.45, 2.75) is 39.3 Å². The first-order valence-electron chi connectivity index (χ1n) is 8.96. The first-order chi connectivity index (χ1) is 12.3. The van der Waals surface area contributed by atoms with Crippen LogP contribution >= 0.6 is 0 Å². The Kier molecular flexibility index (Phi) is 3.82. The standard InChI is InChI=1S/C19H23N5O2/c1-11-4-5-24(11)15-7-14-12(8-21-15)6-13(9-20-14)17(25)23-16-18(26)22-10-19(16,2)3/h6-9,11,16H,4-5,10H2,1-3H3,(H,22,26)(H,23,25). The molecule has 7 nitrogen and oxygen atoms in total. The number of fused-ring (bicyclic) bond motifs is 1. The smallest absolute Gasteiger partial charge is 0.253 e. The van der Waals surface area contributed by atoms with Crippen LogP contribution < -0.4 is 15.5 Å². The fraction of sp³-hybridized carbons (Fsp3) is 0.474. The lowest BCUT2D eigenvalue weighted by Gasteiger charge is -2.39. The molecule has 2 N–H and O–H groups in total. The summed E-state index contributed by atoms with van der Waals surface area (Å²) in [4.78, 5) is 35.7. The molecule has 2 fully saturated rings. The maximum Gasteiger partial charge on any atom is 0.253 e. The van der Waals surface area contributed by atoms with E-state index in [1.54, 1.807) is 18.5 Å². The Labute approximate surface area is 152 Å². The van der Waals surface area contributed by atoms with Gasteiger partial charge in [0, 0.05) is 48.4 Å². The maximum absolute atomic E-state index is 12.6.